The number of ether oxygens (including phenoxy) is 1. The Labute approximate surface area is 111 Å². The zero-order valence-corrected chi connectivity index (χ0v) is 10.9. The van der Waals surface area contributed by atoms with Crippen LogP contribution in [0.1, 0.15) is 28.4 Å². The number of hydrogen-bond donors (Lipinski definition) is 0. The van der Waals surface area contributed by atoms with Gasteiger partial charge in [-0.25, -0.2) is 4.39 Å². The standard InChI is InChI=1S/C16H15FO2/c1-3-19-13-9-7-12(8-10-13)16(18)14-6-4-5-11(2)15(14)17/h4-10H,3H2,1-2H3. The minimum Gasteiger partial charge on any atom is -0.494 e. The first kappa shape index (κ1) is 13.3. The highest BCUT2D eigenvalue weighted by molar-refractivity contribution is 6.09. The summed E-state index contributed by atoms with van der Waals surface area (Å²) in [6.07, 6.45) is 0. The summed E-state index contributed by atoms with van der Waals surface area (Å²) >= 11 is 0. The van der Waals surface area contributed by atoms with Gasteiger partial charge in [-0.2, -0.15) is 0 Å². The summed E-state index contributed by atoms with van der Waals surface area (Å²) < 4.78 is 19.2. The maximum atomic E-state index is 13.9. The van der Waals surface area contributed by atoms with Crippen molar-refractivity contribution >= 4 is 5.78 Å². The average Bonchev–Trinajstić information content (AvgIpc) is 2.42. The minimum atomic E-state index is -0.457. The molecule has 0 heterocycles. The first-order chi connectivity index (χ1) is 9.13. The van der Waals surface area contributed by atoms with Gasteiger partial charge in [-0.1, -0.05) is 12.1 Å². The van der Waals surface area contributed by atoms with Crippen molar-refractivity contribution in [3.05, 3.63) is 65.0 Å². The topological polar surface area (TPSA) is 26.3 Å². The van der Waals surface area contributed by atoms with Gasteiger partial charge in [0.2, 0.25) is 0 Å². The van der Waals surface area contributed by atoms with E-state index in [0.717, 1.165) is 0 Å². The van der Waals surface area contributed by atoms with Crippen LogP contribution in [0.15, 0.2) is 42.5 Å². The third kappa shape index (κ3) is 2.81. The molecule has 0 aliphatic rings. The highest BCUT2D eigenvalue weighted by atomic mass is 19.1. The molecule has 0 radical (unpaired) electrons. The van der Waals surface area contributed by atoms with Crippen LogP contribution in [0.25, 0.3) is 0 Å². The Morgan fingerprint density at radius 1 is 1.16 bits per heavy atom. The number of rotatable bonds is 4. The molecule has 0 amide bonds. The Balaban J connectivity index is 2.31. The molecular formula is C16H15FO2. The highest BCUT2D eigenvalue weighted by Crippen LogP contribution is 2.18. The maximum absolute atomic E-state index is 13.9. The molecule has 0 spiro atoms. The quantitative estimate of drug-likeness (QED) is 0.780. The number of ketones is 1. The van der Waals surface area contributed by atoms with Crippen LogP contribution in [0.2, 0.25) is 0 Å². The summed E-state index contributed by atoms with van der Waals surface area (Å²) in [7, 11) is 0. The molecule has 0 bridgehead atoms. The van der Waals surface area contributed by atoms with Crippen molar-refractivity contribution in [1.29, 1.82) is 0 Å². The van der Waals surface area contributed by atoms with Gasteiger partial charge in [-0.3, -0.25) is 4.79 Å². The normalized spacial score (nSPS) is 10.3. The smallest absolute Gasteiger partial charge is 0.195 e. The van der Waals surface area contributed by atoms with Gasteiger partial charge in [0.25, 0.3) is 0 Å². The van der Waals surface area contributed by atoms with Crippen molar-refractivity contribution in [2.75, 3.05) is 6.61 Å². The first-order valence-corrected chi connectivity index (χ1v) is 6.16. The van der Waals surface area contributed by atoms with Gasteiger partial charge < -0.3 is 4.74 Å². The highest BCUT2D eigenvalue weighted by Gasteiger charge is 2.15. The van der Waals surface area contributed by atoms with Gasteiger partial charge in [-0.05, 0) is 49.7 Å². The fourth-order valence-corrected chi connectivity index (χ4v) is 1.85. The third-order valence-corrected chi connectivity index (χ3v) is 2.86. The van der Waals surface area contributed by atoms with Crippen LogP contribution in [-0.4, -0.2) is 12.4 Å². The van der Waals surface area contributed by atoms with E-state index in [1.54, 1.807) is 43.3 Å². The van der Waals surface area contributed by atoms with Crippen LogP contribution in [-0.2, 0) is 0 Å². The van der Waals surface area contributed by atoms with Crippen LogP contribution < -0.4 is 4.74 Å². The maximum Gasteiger partial charge on any atom is 0.195 e. The van der Waals surface area contributed by atoms with E-state index in [4.69, 9.17) is 4.74 Å². The van der Waals surface area contributed by atoms with E-state index in [-0.39, 0.29) is 11.3 Å². The number of aryl methyl sites for hydroxylation is 1. The molecule has 2 aromatic carbocycles. The molecule has 2 nitrogen and oxygen atoms in total. The van der Waals surface area contributed by atoms with Crippen LogP contribution >= 0.6 is 0 Å². The van der Waals surface area contributed by atoms with Gasteiger partial charge in [0, 0.05) is 5.56 Å². The predicted molar refractivity (Wildman–Crippen MR) is 72.2 cm³/mol. The molecule has 2 aromatic rings. The van der Waals surface area contributed by atoms with E-state index in [1.165, 1.54) is 6.07 Å². The van der Waals surface area contributed by atoms with Crippen molar-refractivity contribution in [3.63, 3.8) is 0 Å². The zero-order chi connectivity index (χ0) is 13.8. The van der Waals surface area contributed by atoms with E-state index in [0.29, 0.717) is 23.5 Å². The summed E-state index contributed by atoms with van der Waals surface area (Å²) in [5, 5.41) is 0. The Morgan fingerprint density at radius 3 is 2.47 bits per heavy atom. The van der Waals surface area contributed by atoms with Crippen LogP contribution in [0, 0.1) is 12.7 Å². The zero-order valence-electron chi connectivity index (χ0n) is 10.9. The van der Waals surface area contributed by atoms with E-state index in [1.807, 2.05) is 6.92 Å². The minimum absolute atomic E-state index is 0.101. The largest absolute Gasteiger partial charge is 0.494 e. The van der Waals surface area contributed by atoms with Crippen molar-refractivity contribution < 1.29 is 13.9 Å². The number of carbonyl (C=O) groups excluding carboxylic acids is 1. The summed E-state index contributed by atoms with van der Waals surface area (Å²) in [6, 6.07) is 11.5. The lowest BCUT2D eigenvalue weighted by Gasteiger charge is -2.06. The summed E-state index contributed by atoms with van der Waals surface area (Å²) in [5.41, 5.74) is 1.02. The third-order valence-electron chi connectivity index (χ3n) is 2.86. The molecule has 0 saturated carbocycles. The number of hydrogen-bond acceptors (Lipinski definition) is 2. The van der Waals surface area contributed by atoms with Gasteiger partial charge in [0.05, 0.1) is 12.2 Å². The molecule has 2 rings (SSSR count). The van der Waals surface area contributed by atoms with E-state index >= 15 is 0 Å². The summed E-state index contributed by atoms with van der Waals surface area (Å²) in [6.45, 7) is 4.10. The lowest BCUT2D eigenvalue weighted by atomic mass is 10.0. The fourth-order valence-electron chi connectivity index (χ4n) is 1.85. The number of carbonyl (C=O) groups is 1. The second-order valence-corrected chi connectivity index (χ2v) is 4.22. The van der Waals surface area contributed by atoms with Crippen LogP contribution in [0.4, 0.5) is 4.39 Å². The predicted octanol–water partition coefficient (Wildman–Crippen LogP) is 3.76. The molecule has 98 valence electrons. The lowest BCUT2D eigenvalue weighted by molar-refractivity contribution is 0.103. The van der Waals surface area contributed by atoms with Crippen molar-refractivity contribution in [1.82, 2.24) is 0 Å². The van der Waals surface area contributed by atoms with E-state index < -0.39 is 5.82 Å². The number of benzene rings is 2. The Bertz CT molecular complexity index is 588. The summed E-state index contributed by atoms with van der Waals surface area (Å²) in [5.74, 6) is -0.0746. The monoisotopic (exact) mass is 258 g/mol. The molecule has 0 aliphatic carbocycles. The molecule has 0 aromatic heterocycles. The Kier molecular flexibility index (Phi) is 3.95. The van der Waals surface area contributed by atoms with Crippen molar-refractivity contribution in [3.8, 4) is 5.75 Å². The molecule has 0 aliphatic heterocycles. The van der Waals surface area contributed by atoms with Gasteiger partial charge in [0.15, 0.2) is 5.78 Å². The molecule has 0 fully saturated rings. The second-order valence-electron chi connectivity index (χ2n) is 4.22. The molecule has 0 saturated heterocycles. The van der Waals surface area contributed by atoms with Gasteiger partial charge >= 0.3 is 0 Å². The average molecular weight is 258 g/mol. The lowest BCUT2D eigenvalue weighted by Crippen LogP contribution is -2.05. The fraction of sp³-hybridized carbons (Fsp3) is 0.188. The van der Waals surface area contributed by atoms with E-state index in [2.05, 4.69) is 0 Å². The molecule has 19 heavy (non-hydrogen) atoms. The second kappa shape index (κ2) is 5.65. The molecule has 3 heteroatoms. The van der Waals surface area contributed by atoms with Crippen LogP contribution in [0.5, 0.6) is 5.75 Å². The molecular weight excluding hydrogens is 243 g/mol. The van der Waals surface area contributed by atoms with Gasteiger partial charge in [-0.15, -0.1) is 0 Å². The molecule has 0 atom stereocenters. The Morgan fingerprint density at radius 2 is 1.84 bits per heavy atom. The molecule has 0 unspecified atom stereocenters. The number of halogens is 1. The summed E-state index contributed by atoms with van der Waals surface area (Å²) in [4.78, 5) is 12.2. The first-order valence-electron chi connectivity index (χ1n) is 6.16. The van der Waals surface area contributed by atoms with Crippen molar-refractivity contribution in [2.45, 2.75) is 13.8 Å². The van der Waals surface area contributed by atoms with E-state index in [9.17, 15) is 9.18 Å². The Hall–Kier alpha value is -2.16. The van der Waals surface area contributed by atoms with Gasteiger partial charge in [0.1, 0.15) is 11.6 Å². The molecule has 0 N–H and O–H groups in total. The van der Waals surface area contributed by atoms with Crippen molar-refractivity contribution in [2.24, 2.45) is 0 Å². The van der Waals surface area contributed by atoms with Crippen LogP contribution in [0.3, 0.4) is 0 Å². The SMILES string of the molecule is CCOc1ccc(C(=O)c2cccc(C)c2F)cc1.